The molecule has 0 unspecified atom stereocenters. The molecule has 1 heterocycles. The highest BCUT2D eigenvalue weighted by Gasteiger charge is 2.39. The van der Waals surface area contributed by atoms with Crippen LogP contribution in [0.3, 0.4) is 0 Å². The number of hydrogen-bond acceptors (Lipinski definition) is 6. The van der Waals surface area contributed by atoms with Gasteiger partial charge in [0.15, 0.2) is 5.17 Å². The Morgan fingerprint density at radius 1 is 1.25 bits per heavy atom. The van der Waals surface area contributed by atoms with Gasteiger partial charge in [0.05, 0.1) is 12.0 Å². The highest BCUT2D eigenvalue weighted by atomic mass is 32.2. The van der Waals surface area contributed by atoms with Crippen molar-refractivity contribution < 1.29 is 27.1 Å². The van der Waals surface area contributed by atoms with Crippen LogP contribution in [0.25, 0.3) is 0 Å². The van der Waals surface area contributed by atoms with Gasteiger partial charge in [-0.25, -0.2) is 4.39 Å². The molecule has 0 saturated carbocycles. The quantitative estimate of drug-likeness (QED) is 0.586. The standard InChI is InChI=1S/C21H20FN3O5S2/c1-3-12-25-20(27)18(13-19(26)23-15-6-8-16(30-2)9-7-15)31-21(25)24-32(28,29)17-10-4-14(22)5-11-17/h3-11,18H,1,12-13H2,2H3,(H,23,26)/t18-/m1/s1. The molecule has 3 rings (SSSR count). The maximum Gasteiger partial charge on any atom is 0.284 e. The first-order chi connectivity index (χ1) is 15.2. The summed E-state index contributed by atoms with van der Waals surface area (Å²) in [6.45, 7) is 3.60. The fourth-order valence-corrected chi connectivity index (χ4v) is 5.19. The molecule has 0 aromatic heterocycles. The lowest BCUT2D eigenvalue weighted by atomic mass is 10.2. The first kappa shape index (κ1) is 23.5. The first-order valence-corrected chi connectivity index (χ1v) is 11.7. The van der Waals surface area contributed by atoms with Crippen molar-refractivity contribution in [1.82, 2.24) is 4.90 Å². The van der Waals surface area contributed by atoms with Crippen LogP contribution in [0, 0.1) is 5.82 Å². The molecule has 1 saturated heterocycles. The summed E-state index contributed by atoms with van der Waals surface area (Å²) in [7, 11) is -2.65. The van der Waals surface area contributed by atoms with E-state index in [0.717, 1.165) is 40.9 Å². The predicted octanol–water partition coefficient (Wildman–Crippen LogP) is 3.04. The fraction of sp³-hybridized carbons (Fsp3) is 0.190. The van der Waals surface area contributed by atoms with E-state index in [0.29, 0.717) is 11.4 Å². The summed E-state index contributed by atoms with van der Waals surface area (Å²) in [4.78, 5) is 26.2. The summed E-state index contributed by atoms with van der Waals surface area (Å²) in [5.41, 5.74) is 0.530. The third kappa shape index (κ3) is 5.54. The average Bonchev–Trinajstić information content (AvgIpc) is 3.03. The summed E-state index contributed by atoms with van der Waals surface area (Å²) in [6.07, 6.45) is 1.25. The average molecular weight is 478 g/mol. The van der Waals surface area contributed by atoms with Crippen LogP contribution in [0.1, 0.15) is 6.42 Å². The number of thioether (sulfide) groups is 1. The van der Waals surface area contributed by atoms with Gasteiger partial charge in [-0.3, -0.25) is 14.5 Å². The van der Waals surface area contributed by atoms with E-state index in [-0.39, 0.29) is 23.0 Å². The second kappa shape index (κ2) is 9.96. The minimum absolute atomic E-state index is 0.0280. The lowest BCUT2D eigenvalue weighted by molar-refractivity contribution is -0.127. The number of rotatable bonds is 8. The number of methoxy groups -OCH3 is 1. The molecule has 2 aromatic carbocycles. The maximum absolute atomic E-state index is 13.1. The van der Waals surface area contributed by atoms with Crippen molar-refractivity contribution in [3.05, 3.63) is 67.0 Å². The number of anilines is 1. The molecule has 1 aliphatic rings. The Labute approximate surface area is 189 Å². The van der Waals surface area contributed by atoms with E-state index >= 15 is 0 Å². The SMILES string of the molecule is C=CCN1C(=O)[C@@H](CC(=O)Nc2ccc(OC)cc2)SC1=NS(=O)(=O)c1ccc(F)cc1. The number of carbonyl (C=O) groups excluding carboxylic acids is 2. The Hall–Kier alpha value is -3.18. The lowest BCUT2D eigenvalue weighted by Crippen LogP contribution is -2.33. The Morgan fingerprint density at radius 3 is 2.50 bits per heavy atom. The number of ether oxygens (including phenoxy) is 1. The van der Waals surface area contributed by atoms with Gasteiger partial charge >= 0.3 is 0 Å². The smallest absolute Gasteiger partial charge is 0.284 e. The Bertz CT molecular complexity index is 1150. The van der Waals surface area contributed by atoms with Crippen LogP contribution in [0.5, 0.6) is 5.75 Å². The third-order valence-corrected chi connectivity index (χ3v) is 6.96. The second-order valence-corrected chi connectivity index (χ2v) is 9.40. The number of amidine groups is 1. The Kier molecular flexibility index (Phi) is 7.31. The van der Waals surface area contributed by atoms with E-state index in [4.69, 9.17) is 4.74 Å². The van der Waals surface area contributed by atoms with E-state index in [1.807, 2.05) is 0 Å². The van der Waals surface area contributed by atoms with Gasteiger partial charge in [-0.1, -0.05) is 17.8 Å². The van der Waals surface area contributed by atoms with E-state index in [1.165, 1.54) is 13.2 Å². The molecule has 1 N–H and O–H groups in total. The normalized spacial score (nSPS) is 17.4. The number of carbonyl (C=O) groups is 2. The number of benzene rings is 2. The molecular weight excluding hydrogens is 457 g/mol. The number of halogens is 1. The molecule has 1 aliphatic heterocycles. The highest BCUT2D eigenvalue weighted by molar-refractivity contribution is 8.16. The van der Waals surface area contributed by atoms with Crippen molar-refractivity contribution >= 4 is 44.5 Å². The number of nitrogens with zero attached hydrogens (tertiary/aromatic N) is 2. The number of amides is 2. The molecule has 0 bridgehead atoms. The van der Waals surface area contributed by atoms with E-state index in [2.05, 4.69) is 16.3 Å². The summed E-state index contributed by atoms with van der Waals surface area (Å²) >= 11 is 0.881. The molecule has 11 heteroatoms. The van der Waals surface area contributed by atoms with Gasteiger partial charge in [0, 0.05) is 18.7 Å². The topological polar surface area (TPSA) is 105 Å². The molecule has 1 fully saturated rings. The van der Waals surface area contributed by atoms with Crippen LogP contribution in [0.15, 0.2) is 70.5 Å². The molecule has 2 aromatic rings. The lowest BCUT2D eigenvalue weighted by Gasteiger charge is -2.13. The van der Waals surface area contributed by atoms with Crippen molar-refractivity contribution in [1.29, 1.82) is 0 Å². The van der Waals surface area contributed by atoms with E-state index < -0.39 is 32.9 Å². The zero-order chi connectivity index (χ0) is 23.3. The van der Waals surface area contributed by atoms with Crippen LogP contribution in [-0.4, -0.2) is 49.2 Å². The molecule has 32 heavy (non-hydrogen) atoms. The summed E-state index contributed by atoms with van der Waals surface area (Å²) in [6, 6.07) is 10.9. The van der Waals surface area contributed by atoms with Crippen molar-refractivity contribution in [3.8, 4) is 5.75 Å². The molecular formula is C21H20FN3O5S2. The van der Waals surface area contributed by atoms with Gasteiger partial charge in [0.25, 0.3) is 10.0 Å². The predicted molar refractivity (Wildman–Crippen MR) is 121 cm³/mol. The zero-order valence-electron chi connectivity index (χ0n) is 17.0. The minimum atomic E-state index is -4.18. The largest absolute Gasteiger partial charge is 0.497 e. The summed E-state index contributed by atoms with van der Waals surface area (Å²) in [5, 5.41) is 1.77. The number of sulfonamides is 1. The summed E-state index contributed by atoms with van der Waals surface area (Å²) in [5.74, 6) is -0.818. The molecule has 0 radical (unpaired) electrons. The third-order valence-electron chi connectivity index (χ3n) is 4.39. The van der Waals surface area contributed by atoms with Gasteiger partial charge in [-0.05, 0) is 48.5 Å². The summed E-state index contributed by atoms with van der Waals surface area (Å²) < 4.78 is 47.1. The molecule has 0 spiro atoms. The molecule has 0 aliphatic carbocycles. The van der Waals surface area contributed by atoms with Crippen LogP contribution >= 0.6 is 11.8 Å². The monoisotopic (exact) mass is 477 g/mol. The van der Waals surface area contributed by atoms with Crippen LogP contribution in [0.2, 0.25) is 0 Å². The fourth-order valence-electron chi connectivity index (χ4n) is 2.82. The Balaban J connectivity index is 1.76. The second-order valence-electron chi connectivity index (χ2n) is 6.63. The van der Waals surface area contributed by atoms with Crippen LogP contribution in [0.4, 0.5) is 10.1 Å². The van der Waals surface area contributed by atoms with Gasteiger partial charge in [0.1, 0.15) is 16.8 Å². The van der Waals surface area contributed by atoms with Crippen molar-refractivity contribution in [2.45, 2.75) is 16.6 Å². The zero-order valence-corrected chi connectivity index (χ0v) is 18.7. The number of hydrogen-bond donors (Lipinski definition) is 1. The minimum Gasteiger partial charge on any atom is -0.497 e. The van der Waals surface area contributed by atoms with Crippen LogP contribution < -0.4 is 10.1 Å². The first-order valence-electron chi connectivity index (χ1n) is 9.37. The van der Waals surface area contributed by atoms with Crippen LogP contribution in [-0.2, 0) is 19.6 Å². The number of nitrogens with one attached hydrogen (secondary N) is 1. The van der Waals surface area contributed by atoms with Gasteiger partial charge < -0.3 is 10.1 Å². The van der Waals surface area contributed by atoms with Gasteiger partial charge in [-0.2, -0.15) is 8.42 Å². The maximum atomic E-state index is 13.1. The Morgan fingerprint density at radius 2 is 1.91 bits per heavy atom. The highest BCUT2D eigenvalue weighted by Crippen LogP contribution is 2.31. The van der Waals surface area contributed by atoms with Gasteiger partial charge in [0.2, 0.25) is 11.8 Å². The van der Waals surface area contributed by atoms with E-state index in [1.54, 1.807) is 24.3 Å². The molecule has 8 nitrogen and oxygen atoms in total. The van der Waals surface area contributed by atoms with E-state index in [9.17, 15) is 22.4 Å². The van der Waals surface area contributed by atoms with Gasteiger partial charge in [-0.15, -0.1) is 11.0 Å². The van der Waals surface area contributed by atoms with Crippen molar-refractivity contribution in [3.63, 3.8) is 0 Å². The van der Waals surface area contributed by atoms with Crippen molar-refractivity contribution in [2.24, 2.45) is 4.40 Å². The van der Waals surface area contributed by atoms with Crippen molar-refractivity contribution in [2.75, 3.05) is 19.0 Å². The molecule has 1 atom stereocenters. The molecule has 2 amide bonds. The molecule has 168 valence electrons.